The van der Waals surface area contributed by atoms with Crippen LogP contribution in [0.2, 0.25) is 0 Å². The molecule has 23 heteroatoms. The molecule has 0 N–H and O–H groups in total. The fraction of sp³-hybridized carbons (Fsp3) is 1.00. The summed E-state index contributed by atoms with van der Waals surface area (Å²) in [6.07, 6.45) is -18.2. The Kier molecular flexibility index (Phi) is 64.8. The molecule has 3 aliphatic rings. The molecule has 0 aliphatic heterocycles. The Balaban J connectivity index is -0.000000128. The molecule has 0 radical (unpaired) electrons. The topological polar surface area (TPSA) is 0 Å². The van der Waals surface area contributed by atoms with E-state index in [1.165, 1.54) is 93.4 Å². The fourth-order valence-corrected chi connectivity index (χ4v) is 9.16. The summed E-state index contributed by atoms with van der Waals surface area (Å²) in [4.78, 5) is 0. The normalized spacial score (nSPS) is 23.2. The lowest BCUT2D eigenvalue weighted by atomic mass is 9.86. The molecule has 11 unspecified atom stereocenters. The van der Waals surface area contributed by atoms with Crippen LogP contribution >= 0.6 is 0 Å². The molecule has 0 spiro atoms. The lowest BCUT2D eigenvalue weighted by Crippen LogP contribution is -2.47. The lowest BCUT2D eigenvalue weighted by Gasteiger charge is -2.32. The van der Waals surface area contributed by atoms with Crippen molar-refractivity contribution in [3.8, 4) is 0 Å². The predicted octanol–water partition coefficient (Wildman–Crippen LogP) is 36.6. The summed E-state index contributed by atoms with van der Waals surface area (Å²) in [7, 11) is 0. The maximum Gasteiger partial charge on any atom is 0.402 e. The standard InChI is InChI=1S/C8H13F3.2C8H16.C7H16.C6H8F6.3C6H11F3.2C6H12F2.C6H13F.2C6H14/c1-5-3-6(2)7(4-5)8(9,10)11;2*1-6-4-5-7(2)8(6)3;1-5-6-7(2,3)4;1-3-4(2,5(7,8)9)6(10,11)12;1-4-5(2,3)6(7,8)9;2*1-3-4-5(2)6(7,8)9;1-4-6(7,8)5(2)3;1-3-4-5(2)6(7)8;1-3-4-6(2)5-7;2*1-5-6(2,3)4/h5-7H,3-4H2,1-2H3;2*6-8H,4-5H2,1-3H3;5-6H2,1-4H3;3H2,1-2H3;4H2,1-3H3;2*5H,3-4H2,1-2H3;5H,4H2,1-3H3;5-6H,3-4H2,1-2H3;6H,3-5H2,1-2H3;2*5H2,1-4H3/i;8D;;;;;3D2;;;;;5D2;. The van der Waals surface area contributed by atoms with E-state index in [0.717, 1.165) is 64.2 Å². The summed E-state index contributed by atoms with van der Waals surface area (Å²) in [5, 5.41) is 0. The molecule has 668 valence electrons. The summed E-state index contributed by atoms with van der Waals surface area (Å²) in [5.41, 5.74) is -4.24. The Labute approximate surface area is 655 Å². The molecule has 0 saturated heterocycles. The second-order valence-corrected chi connectivity index (χ2v) is 35.0. The largest absolute Gasteiger partial charge is 0.402 e. The van der Waals surface area contributed by atoms with Crippen molar-refractivity contribution in [2.45, 2.75) is 433 Å². The highest BCUT2D eigenvalue weighted by Crippen LogP contribution is 2.52. The molecule has 3 fully saturated rings. The fourth-order valence-electron chi connectivity index (χ4n) is 9.16. The third-order valence-corrected chi connectivity index (χ3v) is 20.3. The third kappa shape index (κ3) is 72.1. The Morgan fingerprint density at radius 1 is 0.398 bits per heavy atom. The van der Waals surface area contributed by atoms with E-state index in [4.69, 9.17) is 6.85 Å². The molecule has 3 rings (SSSR count). The quantitative estimate of drug-likeness (QED) is 0.143. The number of rotatable bonds is 15. The van der Waals surface area contributed by atoms with E-state index < -0.39 is 115 Å². The molecule has 0 aromatic heterocycles. The number of halogens is 23. The molecule has 3 aliphatic carbocycles. The summed E-state index contributed by atoms with van der Waals surface area (Å²) in [5.74, 6) is -2.76. The Morgan fingerprint density at radius 3 is 0.815 bits per heavy atom. The van der Waals surface area contributed by atoms with Crippen molar-refractivity contribution in [2.24, 2.45) is 110 Å². The molecule has 0 amide bonds. The van der Waals surface area contributed by atoms with Crippen molar-refractivity contribution in [3.05, 3.63) is 0 Å². The minimum atomic E-state index is -5.24. The van der Waals surface area contributed by atoms with E-state index in [1.54, 1.807) is 27.7 Å². The first-order valence-corrected chi connectivity index (χ1v) is 39.6. The van der Waals surface area contributed by atoms with Gasteiger partial charge in [-0.15, -0.1) is 0 Å². The van der Waals surface area contributed by atoms with E-state index in [2.05, 4.69) is 104 Å². The molecule has 108 heavy (non-hydrogen) atoms. The second-order valence-electron chi connectivity index (χ2n) is 35.0. The van der Waals surface area contributed by atoms with Crippen molar-refractivity contribution in [1.82, 2.24) is 0 Å². The average molecular weight is 1630 g/mol. The lowest BCUT2D eigenvalue weighted by molar-refractivity contribution is -0.335. The zero-order chi connectivity index (χ0) is 93.7. The maximum atomic E-state index is 12.3. The third-order valence-electron chi connectivity index (χ3n) is 20.3. The maximum absolute atomic E-state index is 12.3. The highest BCUT2D eigenvalue weighted by atomic mass is 19.4. The number of alkyl halides is 23. The van der Waals surface area contributed by atoms with Crippen molar-refractivity contribution < 1.29 is 108 Å². The first-order valence-electron chi connectivity index (χ1n) is 42.1. The molecule has 0 nitrogen and oxygen atoms in total. The number of hydrogen-bond acceptors (Lipinski definition) is 0. The Morgan fingerprint density at radius 2 is 0.741 bits per heavy atom. The summed E-state index contributed by atoms with van der Waals surface area (Å²) in [6.45, 7) is 64.4. The van der Waals surface area contributed by atoms with E-state index in [1.807, 2.05) is 41.5 Å². The van der Waals surface area contributed by atoms with Gasteiger partial charge in [0, 0.05) is 25.1 Å². The van der Waals surface area contributed by atoms with Gasteiger partial charge in [0.25, 0.3) is 0 Å². The van der Waals surface area contributed by atoms with Crippen LogP contribution in [0.1, 0.15) is 391 Å². The van der Waals surface area contributed by atoms with Gasteiger partial charge in [-0.05, 0) is 134 Å². The molecular weight excluding hydrogens is 1460 g/mol. The van der Waals surface area contributed by atoms with Gasteiger partial charge in [0.2, 0.25) is 12.3 Å². The van der Waals surface area contributed by atoms with Gasteiger partial charge in [-0.3, -0.25) is 4.39 Å². The highest BCUT2D eigenvalue weighted by molar-refractivity contribution is 4.88. The van der Waals surface area contributed by atoms with E-state index in [9.17, 15) is 101 Å². The van der Waals surface area contributed by atoms with Crippen LogP contribution in [0, 0.1) is 110 Å². The molecule has 3 saturated carbocycles. The van der Waals surface area contributed by atoms with Crippen LogP contribution < -0.4 is 0 Å². The monoisotopic (exact) mass is 1630 g/mol. The van der Waals surface area contributed by atoms with Gasteiger partial charge in [-0.25, -0.2) is 17.6 Å². The first-order chi connectivity index (χ1) is 49.5. The van der Waals surface area contributed by atoms with Gasteiger partial charge < -0.3 is 0 Å². The minimum absolute atomic E-state index is 0.0509. The molecule has 11 atom stereocenters. The molecular formula is C85H167F23. The van der Waals surface area contributed by atoms with Crippen LogP contribution in [-0.4, -0.2) is 56.1 Å². The number of hydrogen-bond donors (Lipinski definition) is 0. The van der Waals surface area contributed by atoms with Crippen LogP contribution in [-0.2, 0) is 0 Å². The van der Waals surface area contributed by atoms with Gasteiger partial charge >= 0.3 is 37.1 Å². The summed E-state index contributed by atoms with van der Waals surface area (Å²) in [6, 6.07) is 0. The SMILES string of the molecule is CC1CC(C)C(C(F)(F)F)C1.CC1CCC(C)C1C.CCC(C)(C(F)(F)F)C(F)(F)F.CCC(C)(C)C.CCC(C)(C)C(F)(F)F.CCC(F)(F)C(C)C.CCCC(C)(C)C.CCCC(C)C(F)(F)F.CCCC(C)C(F)F.CCCC(C)CF.[2H]C([2H])(C)C(C)(C)C.[2H]C([2H])(C)CC(C)C(F)(F)F.[2H]C1(C)C(C)CCC1C. The Hall–Kier alpha value is -1.61. The second kappa shape index (κ2) is 60.8. The van der Waals surface area contributed by atoms with E-state index in [0.29, 0.717) is 41.9 Å². The van der Waals surface area contributed by atoms with Crippen LogP contribution in [0.3, 0.4) is 0 Å². The van der Waals surface area contributed by atoms with Crippen LogP contribution in [0.25, 0.3) is 0 Å². The van der Waals surface area contributed by atoms with Gasteiger partial charge in [0.15, 0.2) is 5.41 Å². The average Bonchev–Trinajstić information content (AvgIpc) is 1.78. The summed E-state index contributed by atoms with van der Waals surface area (Å²) >= 11 is 0. The zero-order valence-corrected chi connectivity index (χ0v) is 74.4. The van der Waals surface area contributed by atoms with Crippen LogP contribution in [0.5, 0.6) is 0 Å². The molecule has 0 aromatic carbocycles. The molecule has 0 aromatic rings. The molecule has 0 bridgehead atoms. The van der Waals surface area contributed by atoms with Crippen LogP contribution in [0.15, 0.2) is 0 Å². The Bertz CT molecular complexity index is 2130. The summed E-state index contributed by atoms with van der Waals surface area (Å²) < 4.78 is 309. The minimum Gasteiger partial charge on any atom is -0.251 e. The molecule has 0 heterocycles. The van der Waals surface area contributed by atoms with Crippen molar-refractivity contribution in [3.63, 3.8) is 0 Å². The van der Waals surface area contributed by atoms with Crippen molar-refractivity contribution >= 4 is 0 Å². The van der Waals surface area contributed by atoms with Crippen molar-refractivity contribution in [2.75, 3.05) is 6.67 Å². The van der Waals surface area contributed by atoms with Gasteiger partial charge in [0.1, 0.15) is 0 Å². The van der Waals surface area contributed by atoms with Gasteiger partial charge in [0.05, 0.1) is 29.8 Å². The van der Waals surface area contributed by atoms with Crippen molar-refractivity contribution in [1.29, 1.82) is 0 Å². The smallest absolute Gasteiger partial charge is 0.251 e. The predicted molar refractivity (Wildman–Crippen MR) is 416 cm³/mol. The van der Waals surface area contributed by atoms with E-state index >= 15 is 0 Å². The van der Waals surface area contributed by atoms with Gasteiger partial charge in [-0.1, -0.05) is 313 Å². The zero-order valence-electron chi connectivity index (χ0n) is 79.4. The highest BCUT2D eigenvalue weighted by Gasteiger charge is 2.66. The van der Waals surface area contributed by atoms with Crippen LogP contribution in [0.4, 0.5) is 101 Å². The first kappa shape index (κ1) is 115. The van der Waals surface area contributed by atoms with E-state index in [-0.39, 0.29) is 61.9 Å². The van der Waals surface area contributed by atoms with Gasteiger partial charge in [-0.2, -0.15) is 79.0 Å².